The molecule has 0 spiro atoms. The summed E-state index contributed by atoms with van der Waals surface area (Å²) in [5, 5.41) is 13.4. The number of H-pyrrole nitrogens is 1. The van der Waals surface area contributed by atoms with Crippen LogP contribution in [0.3, 0.4) is 0 Å². The molecule has 3 N–H and O–H groups in total. The highest BCUT2D eigenvalue weighted by Gasteiger charge is 2.09. The first-order valence-corrected chi connectivity index (χ1v) is 5.75. The summed E-state index contributed by atoms with van der Waals surface area (Å²) in [5.74, 6) is -1.75. The summed E-state index contributed by atoms with van der Waals surface area (Å²) >= 11 is 0. The summed E-state index contributed by atoms with van der Waals surface area (Å²) in [5.41, 5.74) is -1.10. The third kappa shape index (κ3) is 3.62. The first-order chi connectivity index (χ1) is 9.95. The number of carbonyl (C=O) groups is 2. The summed E-state index contributed by atoms with van der Waals surface area (Å²) in [6.45, 7) is -0.423. The number of carboxylic acid groups (broad SMARTS) is 1. The molecule has 0 saturated heterocycles. The van der Waals surface area contributed by atoms with Crippen molar-refractivity contribution in [2.75, 3.05) is 5.32 Å². The van der Waals surface area contributed by atoms with Crippen molar-refractivity contribution in [3.05, 3.63) is 56.7 Å². The molecule has 2 rings (SSSR count). The van der Waals surface area contributed by atoms with E-state index in [2.05, 4.69) is 15.4 Å². The van der Waals surface area contributed by atoms with Gasteiger partial charge in [-0.25, -0.2) is 14.5 Å². The van der Waals surface area contributed by atoms with Gasteiger partial charge in [-0.3, -0.25) is 19.5 Å². The molecule has 108 valence electrons. The summed E-state index contributed by atoms with van der Waals surface area (Å²) < 4.78 is 0.832. The lowest BCUT2D eigenvalue weighted by Gasteiger charge is -2.06. The predicted molar refractivity (Wildman–Crippen MR) is 71.1 cm³/mol. The minimum Gasteiger partial charge on any atom is -0.478 e. The third-order valence-corrected chi connectivity index (χ3v) is 2.46. The Balaban J connectivity index is 2.13. The number of anilines is 1. The number of hydrogen-bond donors (Lipinski definition) is 3. The topological polar surface area (TPSA) is 134 Å². The number of pyridine rings is 1. The van der Waals surface area contributed by atoms with Gasteiger partial charge in [0.2, 0.25) is 5.91 Å². The van der Waals surface area contributed by atoms with Gasteiger partial charge in [0.05, 0.1) is 5.56 Å². The minimum atomic E-state index is -1.16. The van der Waals surface area contributed by atoms with Crippen molar-refractivity contribution in [3.63, 3.8) is 0 Å². The fourth-order valence-corrected chi connectivity index (χ4v) is 1.54. The SMILES string of the molecule is O=C(Cn1[nH]c(=O)ccc1=O)Nc1cc(C(=O)O)ccn1. The quantitative estimate of drug-likeness (QED) is 0.679. The number of aromatic carboxylic acids is 1. The van der Waals surface area contributed by atoms with E-state index < -0.39 is 29.5 Å². The van der Waals surface area contributed by atoms with Crippen molar-refractivity contribution in [3.8, 4) is 0 Å². The summed E-state index contributed by atoms with van der Waals surface area (Å²) in [4.78, 5) is 48.8. The molecule has 2 aromatic heterocycles. The molecule has 9 nitrogen and oxygen atoms in total. The van der Waals surface area contributed by atoms with Crippen LogP contribution in [0.2, 0.25) is 0 Å². The Labute approximate surface area is 116 Å². The molecule has 21 heavy (non-hydrogen) atoms. The molecule has 2 aromatic rings. The van der Waals surface area contributed by atoms with E-state index in [4.69, 9.17) is 5.11 Å². The molecule has 2 heterocycles. The monoisotopic (exact) mass is 290 g/mol. The van der Waals surface area contributed by atoms with Gasteiger partial charge in [0.1, 0.15) is 12.4 Å². The molecule has 0 fully saturated rings. The van der Waals surface area contributed by atoms with Crippen LogP contribution in [0.1, 0.15) is 10.4 Å². The van der Waals surface area contributed by atoms with E-state index in [0.29, 0.717) is 0 Å². The molecule has 0 radical (unpaired) electrons. The van der Waals surface area contributed by atoms with E-state index in [1.165, 1.54) is 18.3 Å². The second-order valence-electron chi connectivity index (χ2n) is 4.02. The Kier molecular flexibility index (Phi) is 3.93. The molecule has 0 saturated carbocycles. The highest BCUT2D eigenvalue weighted by atomic mass is 16.4. The molecule has 0 aliphatic heterocycles. The van der Waals surface area contributed by atoms with E-state index in [1.54, 1.807) is 0 Å². The second kappa shape index (κ2) is 5.82. The molecule has 1 amide bonds. The van der Waals surface area contributed by atoms with Crippen molar-refractivity contribution < 1.29 is 14.7 Å². The van der Waals surface area contributed by atoms with Crippen molar-refractivity contribution in [1.29, 1.82) is 0 Å². The Bertz CT molecular complexity index is 808. The van der Waals surface area contributed by atoms with Gasteiger partial charge in [0, 0.05) is 18.3 Å². The molecule has 0 bridgehead atoms. The van der Waals surface area contributed by atoms with Gasteiger partial charge in [-0.15, -0.1) is 0 Å². The fourth-order valence-electron chi connectivity index (χ4n) is 1.54. The van der Waals surface area contributed by atoms with Crippen molar-refractivity contribution in [1.82, 2.24) is 14.8 Å². The van der Waals surface area contributed by atoms with E-state index >= 15 is 0 Å². The molecular weight excluding hydrogens is 280 g/mol. The van der Waals surface area contributed by atoms with Crippen LogP contribution in [0.4, 0.5) is 5.82 Å². The van der Waals surface area contributed by atoms with Crippen LogP contribution in [-0.4, -0.2) is 31.7 Å². The summed E-state index contributed by atoms with van der Waals surface area (Å²) in [6, 6.07) is 4.54. The minimum absolute atomic E-state index is 0.0335. The van der Waals surface area contributed by atoms with Gasteiger partial charge < -0.3 is 10.4 Å². The number of carbonyl (C=O) groups excluding carboxylic acids is 1. The lowest BCUT2D eigenvalue weighted by molar-refractivity contribution is -0.117. The van der Waals surface area contributed by atoms with Crippen LogP contribution >= 0.6 is 0 Å². The molecule has 0 atom stereocenters. The number of aromatic nitrogens is 3. The standard InChI is InChI=1S/C12H10N4O5/c17-9-1-2-11(19)16(15-9)6-10(18)14-8-5-7(12(20)21)3-4-13-8/h1-5H,6H2,(H,15,17)(H,20,21)(H,13,14,18). The highest BCUT2D eigenvalue weighted by molar-refractivity contribution is 5.92. The van der Waals surface area contributed by atoms with Crippen LogP contribution in [0.25, 0.3) is 0 Å². The van der Waals surface area contributed by atoms with Crippen molar-refractivity contribution in [2.45, 2.75) is 6.54 Å². The largest absolute Gasteiger partial charge is 0.478 e. The van der Waals surface area contributed by atoms with E-state index in [1.807, 2.05) is 0 Å². The van der Waals surface area contributed by atoms with Gasteiger partial charge in [0.25, 0.3) is 11.1 Å². The zero-order valence-corrected chi connectivity index (χ0v) is 10.6. The molecule has 0 aliphatic rings. The predicted octanol–water partition coefficient (Wildman–Crippen LogP) is -0.731. The van der Waals surface area contributed by atoms with Gasteiger partial charge in [0.15, 0.2) is 0 Å². The zero-order chi connectivity index (χ0) is 15.4. The van der Waals surface area contributed by atoms with Crippen LogP contribution in [0, 0.1) is 0 Å². The van der Waals surface area contributed by atoms with E-state index in [9.17, 15) is 19.2 Å². The third-order valence-electron chi connectivity index (χ3n) is 2.46. The number of carboxylic acids is 1. The molecule has 0 aromatic carbocycles. The number of amides is 1. The molecule has 0 unspecified atom stereocenters. The van der Waals surface area contributed by atoms with Crippen LogP contribution in [0.5, 0.6) is 0 Å². The van der Waals surface area contributed by atoms with Gasteiger partial charge in [-0.2, -0.15) is 0 Å². The Morgan fingerprint density at radius 3 is 2.76 bits per heavy atom. The molecule has 9 heteroatoms. The van der Waals surface area contributed by atoms with Gasteiger partial charge >= 0.3 is 5.97 Å². The number of aromatic amines is 1. The second-order valence-corrected chi connectivity index (χ2v) is 4.02. The number of nitrogens with zero attached hydrogens (tertiary/aromatic N) is 2. The first-order valence-electron chi connectivity index (χ1n) is 5.75. The summed E-state index contributed by atoms with van der Waals surface area (Å²) in [6.07, 6.45) is 1.23. The zero-order valence-electron chi connectivity index (χ0n) is 10.6. The average molecular weight is 290 g/mol. The maximum absolute atomic E-state index is 11.7. The Morgan fingerprint density at radius 2 is 2.05 bits per heavy atom. The first kappa shape index (κ1) is 14.2. The molecular formula is C12H10N4O5. The van der Waals surface area contributed by atoms with Crippen LogP contribution in [-0.2, 0) is 11.3 Å². The smallest absolute Gasteiger partial charge is 0.335 e. The van der Waals surface area contributed by atoms with Crippen LogP contribution in [0.15, 0.2) is 40.1 Å². The van der Waals surface area contributed by atoms with E-state index in [-0.39, 0.29) is 11.4 Å². The Morgan fingerprint density at radius 1 is 1.29 bits per heavy atom. The van der Waals surface area contributed by atoms with Crippen LogP contribution < -0.4 is 16.4 Å². The highest BCUT2D eigenvalue weighted by Crippen LogP contribution is 2.06. The normalized spacial score (nSPS) is 10.1. The van der Waals surface area contributed by atoms with Gasteiger partial charge in [-0.05, 0) is 12.1 Å². The lowest BCUT2D eigenvalue weighted by atomic mass is 10.2. The number of rotatable bonds is 4. The maximum Gasteiger partial charge on any atom is 0.335 e. The van der Waals surface area contributed by atoms with Crippen molar-refractivity contribution in [2.24, 2.45) is 0 Å². The number of hydrogen-bond acceptors (Lipinski definition) is 5. The molecule has 0 aliphatic carbocycles. The van der Waals surface area contributed by atoms with Crippen molar-refractivity contribution >= 4 is 17.7 Å². The average Bonchev–Trinajstić information content (AvgIpc) is 2.43. The lowest BCUT2D eigenvalue weighted by Crippen LogP contribution is -2.33. The maximum atomic E-state index is 11.7. The summed E-state index contributed by atoms with van der Waals surface area (Å²) in [7, 11) is 0. The van der Waals surface area contributed by atoms with Gasteiger partial charge in [-0.1, -0.05) is 0 Å². The Hall–Kier alpha value is -3.23. The van der Waals surface area contributed by atoms with E-state index in [0.717, 1.165) is 16.8 Å². The fraction of sp³-hybridized carbons (Fsp3) is 0.0833. The number of nitrogens with one attached hydrogen (secondary N) is 2.